The Bertz CT molecular complexity index is 1240. The van der Waals surface area contributed by atoms with Crippen molar-refractivity contribution in [1.29, 1.82) is 0 Å². The number of pyridine rings is 1. The highest BCUT2D eigenvalue weighted by Gasteiger charge is 2.65. The highest BCUT2D eigenvalue weighted by Crippen LogP contribution is 2.50. The number of halogens is 3. The molecule has 3 aromatic rings. The number of alkyl halides is 3. The third-order valence-electron chi connectivity index (χ3n) is 5.85. The summed E-state index contributed by atoms with van der Waals surface area (Å²) in [7, 11) is 0. The van der Waals surface area contributed by atoms with Crippen LogP contribution in [0, 0.1) is 6.92 Å². The second-order valence-corrected chi connectivity index (χ2v) is 9.16. The number of aryl methyl sites for hydroxylation is 1. The van der Waals surface area contributed by atoms with E-state index in [1.54, 1.807) is 4.90 Å². The summed E-state index contributed by atoms with van der Waals surface area (Å²) in [5, 5.41) is 0.918. The second kappa shape index (κ2) is 7.23. The Morgan fingerprint density at radius 3 is 2.41 bits per heavy atom. The Hall–Kier alpha value is -3.07. The summed E-state index contributed by atoms with van der Waals surface area (Å²) < 4.78 is 37.8. The number of anilines is 1. The molecule has 2 aliphatic rings. The lowest BCUT2D eigenvalue weighted by Crippen LogP contribution is -2.36. The van der Waals surface area contributed by atoms with Gasteiger partial charge in [-0.3, -0.25) is 9.78 Å². The van der Waals surface area contributed by atoms with Crippen molar-refractivity contribution in [1.82, 2.24) is 9.88 Å². The van der Waals surface area contributed by atoms with E-state index < -0.39 is 17.1 Å². The number of hydrogen-bond acceptors (Lipinski definition) is 4. The van der Waals surface area contributed by atoms with Gasteiger partial charge in [-0.25, -0.2) is 9.69 Å². The zero-order valence-electron chi connectivity index (χ0n) is 17.0. The molecule has 1 spiro atoms. The van der Waals surface area contributed by atoms with Crippen LogP contribution in [0.3, 0.4) is 0 Å². The molecule has 32 heavy (non-hydrogen) atoms. The standard InChI is InChI=1S/C23H18F3N3O2S/c1-14-12-15(18-4-2-3-5-19(18)27-14)13-28-21(31)29(20(30)22(28)10-11-22)16-6-8-17(9-7-16)32-23(24,25)26/h2-9,12H,10-11,13H2,1H3. The highest BCUT2D eigenvalue weighted by atomic mass is 32.2. The number of benzene rings is 2. The van der Waals surface area contributed by atoms with Gasteiger partial charge in [0.25, 0.3) is 5.91 Å². The number of carbonyl (C=O) groups is 2. The largest absolute Gasteiger partial charge is 0.446 e. The summed E-state index contributed by atoms with van der Waals surface area (Å²) in [5.41, 5.74) is -2.47. The van der Waals surface area contributed by atoms with Gasteiger partial charge >= 0.3 is 11.5 Å². The van der Waals surface area contributed by atoms with Gasteiger partial charge in [-0.1, -0.05) is 18.2 Å². The number of hydrogen-bond donors (Lipinski definition) is 0. The number of rotatable bonds is 4. The fraction of sp³-hybridized carbons (Fsp3) is 0.261. The highest BCUT2D eigenvalue weighted by molar-refractivity contribution is 8.00. The van der Waals surface area contributed by atoms with E-state index in [0.717, 1.165) is 27.1 Å². The lowest BCUT2D eigenvalue weighted by Gasteiger charge is -2.22. The predicted molar refractivity (Wildman–Crippen MR) is 115 cm³/mol. The van der Waals surface area contributed by atoms with Crippen LogP contribution in [-0.2, 0) is 11.3 Å². The monoisotopic (exact) mass is 457 g/mol. The van der Waals surface area contributed by atoms with Crippen LogP contribution in [0.25, 0.3) is 10.9 Å². The van der Waals surface area contributed by atoms with E-state index in [4.69, 9.17) is 0 Å². The average molecular weight is 457 g/mol. The molecule has 0 atom stereocenters. The van der Waals surface area contributed by atoms with E-state index in [2.05, 4.69) is 4.98 Å². The third kappa shape index (κ3) is 3.50. The fourth-order valence-corrected chi connectivity index (χ4v) is 4.80. The van der Waals surface area contributed by atoms with Gasteiger partial charge in [0.15, 0.2) is 0 Å². The molecule has 5 nitrogen and oxygen atoms in total. The quantitative estimate of drug-likeness (QED) is 0.375. The topological polar surface area (TPSA) is 53.5 Å². The lowest BCUT2D eigenvalue weighted by atomic mass is 10.1. The number of imide groups is 1. The number of urea groups is 1. The molecule has 2 aromatic carbocycles. The Kier molecular flexibility index (Phi) is 4.70. The van der Waals surface area contributed by atoms with Crippen molar-refractivity contribution in [3.05, 3.63) is 65.9 Å². The van der Waals surface area contributed by atoms with Crippen LogP contribution in [0.2, 0.25) is 0 Å². The van der Waals surface area contributed by atoms with Gasteiger partial charge in [0.05, 0.1) is 11.2 Å². The molecule has 164 valence electrons. The van der Waals surface area contributed by atoms with E-state index >= 15 is 0 Å². The maximum atomic E-state index is 13.3. The summed E-state index contributed by atoms with van der Waals surface area (Å²) >= 11 is -0.234. The van der Waals surface area contributed by atoms with Crippen molar-refractivity contribution in [3.8, 4) is 0 Å². The van der Waals surface area contributed by atoms with Gasteiger partial charge < -0.3 is 4.90 Å². The minimum atomic E-state index is -4.40. The molecule has 2 fully saturated rings. The minimum absolute atomic E-state index is 0.00272. The van der Waals surface area contributed by atoms with Gasteiger partial charge in [-0.05, 0) is 73.5 Å². The molecule has 9 heteroatoms. The number of fused-ring (bicyclic) bond motifs is 1. The molecule has 0 radical (unpaired) electrons. The Morgan fingerprint density at radius 1 is 1.06 bits per heavy atom. The van der Waals surface area contributed by atoms with Gasteiger partial charge in [-0.15, -0.1) is 0 Å². The first kappa shape index (κ1) is 20.8. The van der Waals surface area contributed by atoms with E-state index in [0.29, 0.717) is 12.8 Å². The van der Waals surface area contributed by atoms with E-state index in [9.17, 15) is 22.8 Å². The summed E-state index contributed by atoms with van der Waals surface area (Å²) in [6.07, 6.45) is 1.14. The molecule has 3 amide bonds. The fourth-order valence-electron chi connectivity index (χ4n) is 4.26. The SMILES string of the molecule is Cc1cc(CN2C(=O)N(c3ccc(SC(F)(F)F)cc3)C(=O)C23CC3)c2ccccc2n1. The molecule has 1 aliphatic carbocycles. The smallest absolute Gasteiger partial charge is 0.305 e. The van der Waals surface area contributed by atoms with Gasteiger partial charge in [0.2, 0.25) is 0 Å². The van der Waals surface area contributed by atoms with Crippen LogP contribution < -0.4 is 4.90 Å². The van der Waals surface area contributed by atoms with Crippen molar-refractivity contribution in [3.63, 3.8) is 0 Å². The van der Waals surface area contributed by atoms with Crippen LogP contribution in [0.1, 0.15) is 24.1 Å². The molecular weight excluding hydrogens is 439 g/mol. The Balaban J connectivity index is 1.46. The van der Waals surface area contributed by atoms with Crippen molar-refractivity contribution in [2.24, 2.45) is 0 Å². The van der Waals surface area contributed by atoms with Crippen LogP contribution in [0.4, 0.5) is 23.7 Å². The first-order valence-electron chi connectivity index (χ1n) is 10.1. The maximum absolute atomic E-state index is 13.3. The minimum Gasteiger partial charge on any atom is -0.305 e. The summed E-state index contributed by atoms with van der Waals surface area (Å²) in [6, 6.07) is 14.4. The van der Waals surface area contributed by atoms with Crippen LogP contribution in [0.15, 0.2) is 59.5 Å². The van der Waals surface area contributed by atoms with Crippen molar-refractivity contribution in [2.45, 2.75) is 42.3 Å². The lowest BCUT2D eigenvalue weighted by molar-refractivity contribution is -0.120. The van der Waals surface area contributed by atoms with Gasteiger partial charge in [-0.2, -0.15) is 13.2 Å². The summed E-state index contributed by atoms with van der Waals surface area (Å²) in [4.78, 5) is 33.8. The molecule has 2 heterocycles. The third-order valence-corrected chi connectivity index (χ3v) is 6.59. The molecule has 0 unspecified atom stereocenters. The van der Waals surface area contributed by atoms with E-state index in [1.807, 2.05) is 37.3 Å². The number of carbonyl (C=O) groups excluding carboxylic acids is 2. The number of amides is 3. The molecule has 1 saturated carbocycles. The van der Waals surface area contributed by atoms with Crippen molar-refractivity contribution in [2.75, 3.05) is 4.90 Å². The van der Waals surface area contributed by atoms with Crippen LogP contribution in [-0.4, -0.2) is 32.9 Å². The van der Waals surface area contributed by atoms with Crippen LogP contribution >= 0.6 is 11.8 Å². The van der Waals surface area contributed by atoms with E-state index in [1.165, 1.54) is 24.3 Å². The van der Waals surface area contributed by atoms with Crippen molar-refractivity contribution < 1.29 is 22.8 Å². The first-order chi connectivity index (χ1) is 15.2. The maximum Gasteiger partial charge on any atom is 0.446 e. The van der Waals surface area contributed by atoms with Gasteiger partial charge in [0.1, 0.15) is 5.54 Å². The molecule has 1 saturated heterocycles. The molecule has 1 aromatic heterocycles. The van der Waals surface area contributed by atoms with Gasteiger partial charge in [0, 0.05) is 22.5 Å². The number of thioether (sulfide) groups is 1. The average Bonchev–Trinajstić information content (AvgIpc) is 3.50. The summed E-state index contributed by atoms with van der Waals surface area (Å²) in [6.45, 7) is 2.14. The van der Waals surface area contributed by atoms with E-state index in [-0.39, 0.29) is 34.8 Å². The first-order valence-corrected chi connectivity index (χ1v) is 10.9. The number of nitrogens with zero attached hydrogens (tertiary/aromatic N) is 3. The van der Waals surface area contributed by atoms with Crippen molar-refractivity contribution >= 4 is 40.3 Å². The second-order valence-electron chi connectivity index (χ2n) is 8.02. The Labute approximate surface area is 186 Å². The molecule has 1 aliphatic heterocycles. The Morgan fingerprint density at radius 2 is 1.75 bits per heavy atom. The summed E-state index contributed by atoms with van der Waals surface area (Å²) in [5.74, 6) is -0.325. The zero-order valence-corrected chi connectivity index (χ0v) is 17.8. The number of para-hydroxylation sites is 1. The molecular formula is C23H18F3N3O2S. The zero-order chi connectivity index (χ0) is 22.7. The number of aromatic nitrogens is 1. The van der Waals surface area contributed by atoms with Crippen LogP contribution in [0.5, 0.6) is 0 Å². The molecule has 0 bridgehead atoms. The molecule has 5 rings (SSSR count). The molecule has 0 N–H and O–H groups in total. The normalized spacial score (nSPS) is 17.6. The predicted octanol–water partition coefficient (Wildman–Crippen LogP) is 5.66.